The molecule has 1 atom stereocenters. The molecule has 2 aromatic rings. The topological polar surface area (TPSA) is 56.8 Å². The SMILES string of the molecule is COCCOc1cccc(NC(=O)C(C)Oc2ccc(Cl)cc2Cl)c1. The molecule has 5 nitrogen and oxygen atoms in total. The van der Waals surface area contributed by atoms with Crippen LogP contribution in [0.25, 0.3) is 0 Å². The molecule has 0 saturated heterocycles. The van der Waals surface area contributed by atoms with Crippen LogP contribution in [0.5, 0.6) is 11.5 Å². The lowest BCUT2D eigenvalue weighted by Gasteiger charge is -2.16. The Balaban J connectivity index is 1.95. The number of carbonyl (C=O) groups excluding carboxylic acids is 1. The summed E-state index contributed by atoms with van der Waals surface area (Å²) in [7, 11) is 1.61. The van der Waals surface area contributed by atoms with E-state index in [0.29, 0.717) is 40.4 Å². The van der Waals surface area contributed by atoms with E-state index in [9.17, 15) is 4.79 Å². The fourth-order valence-electron chi connectivity index (χ4n) is 1.97. The van der Waals surface area contributed by atoms with Crippen LogP contribution in [0.3, 0.4) is 0 Å². The van der Waals surface area contributed by atoms with Crippen LogP contribution in [0.15, 0.2) is 42.5 Å². The van der Waals surface area contributed by atoms with Crippen molar-refractivity contribution in [3.05, 3.63) is 52.5 Å². The quantitative estimate of drug-likeness (QED) is 0.685. The van der Waals surface area contributed by atoms with E-state index in [1.54, 1.807) is 56.5 Å². The van der Waals surface area contributed by atoms with Crippen molar-refractivity contribution in [1.82, 2.24) is 0 Å². The van der Waals surface area contributed by atoms with Gasteiger partial charge in [0.05, 0.1) is 11.6 Å². The first-order valence-corrected chi connectivity index (χ1v) is 8.39. The number of nitrogens with one attached hydrogen (secondary N) is 1. The van der Waals surface area contributed by atoms with Crippen molar-refractivity contribution in [1.29, 1.82) is 0 Å². The fraction of sp³-hybridized carbons (Fsp3) is 0.278. The van der Waals surface area contributed by atoms with Gasteiger partial charge < -0.3 is 19.5 Å². The van der Waals surface area contributed by atoms with Crippen LogP contribution in [0.4, 0.5) is 5.69 Å². The molecule has 7 heteroatoms. The average molecular weight is 384 g/mol. The van der Waals surface area contributed by atoms with Crippen LogP contribution in [0.1, 0.15) is 6.92 Å². The number of anilines is 1. The molecule has 0 aromatic heterocycles. The van der Waals surface area contributed by atoms with Gasteiger partial charge in [0.15, 0.2) is 6.10 Å². The summed E-state index contributed by atoms with van der Waals surface area (Å²) in [5.74, 6) is 0.731. The number of halogens is 2. The molecule has 1 N–H and O–H groups in total. The van der Waals surface area contributed by atoms with Crippen molar-refractivity contribution in [2.75, 3.05) is 25.6 Å². The molecule has 0 radical (unpaired) electrons. The minimum absolute atomic E-state index is 0.306. The Hall–Kier alpha value is -1.95. The lowest BCUT2D eigenvalue weighted by Crippen LogP contribution is -2.30. The average Bonchev–Trinajstić information content (AvgIpc) is 2.58. The third kappa shape index (κ3) is 6.12. The summed E-state index contributed by atoms with van der Waals surface area (Å²) in [6, 6.07) is 11.9. The van der Waals surface area contributed by atoms with Gasteiger partial charge in [0.1, 0.15) is 18.1 Å². The molecule has 2 aromatic carbocycles. The van der Waals surface area contributed by atoms with Crippen molar-refractivity contribution < 1.29 is 19.0 Å². The Kier molecular flexibility index (Phi) is 7.37. The molecule has 1 amide bonds. The highest BCUT2D eigenvalue weighted by Crippen LogP contribution is 2.28. The van der Waals surface area contributed by atoms with Crippen LogP contribution >= 0.6 is 23.2 Å². The monoisotopic (exact) mass is 383 g/mol. The Morgan fingerprint density at radius 3 is 2.68 bits per heavy atom. The van der Waals surface area contributed by atoms with Crippen molar-refractivity contribution in [3.63, 3.8) is 0 Å². The van der Waals surface area contributed by atoms with Gasteiger partial charge in [-0.25, -0.2) is 0 Å². The number of hydrogen-bond acceptors (Lipinski definition) is 4. The van der Waals surface area contributed by atoms with E-state index < -0.39 is 6.10 Å². The number of hydrogen-bond donors (Lipinski definition) is 1. The first-order valence-electron chi connectivity index (χ1n) is 7.64. The van der Waals surface area contributed by atoms with E-state index in [1.807, 2.05) is 0 Å². The van der Waals surface area contributed by atoms with Gasteiger partial charge in [0, 0.05) is 23.9 Å². The van der Waals surface area contributed by atoms with E-state index >= 15 is 0 Å². The number of carbonyl (C=O) groups is 1. The van der Waals surface area contributed by atoms with E-state index in [2.05, 4.69) is 5.32 Å². The Morgan fingerprint density at radius 2 is 1.96 bits per heavy atom. The smallest absolute Gasteiger partial charge is 0.265 e. The van der Waals surface area contributed by atoms with E-state index in [1.165, 1.54) is 0 Å². The standard InChI is InChI=1S/C18H19Cl2NO4/c1-12(25-17-7-6-13(19)10-16(17)20)18(22)21-14-4-3-5-15(11-14)24-9-8-23-2/h3-7,10-12H,8-9H2,1-2H3,(H,21,22). The zero-order valence-electron chi connectivity index (χ0n) is 13.9. The number of ether oxygens (including phenoxy) is 3. The summed E-state index contributed by atoms with van der Waals surface area (Å²) < 4.78 is 16.0. The molecule has 0 bridgehead atoms. The Morgan fingerprint density at radius 1 is 1.16 bits per heavy atom. The normalized spacial score (nSPS) is 11.7. The molecular weight excluding hydrogens is 365 g/mol. The Labute approximate surface area is 156 Å². The van der Waals surface area contributed by atoms with Gasteiger partial charge in [-0.1, -0.05) is 29.3 Å². The zero-order valence-corrected chi connectivity index (χ0v) is 15.4. The molecule has 0 spiro atoms. The summed E-state index contributed by atoms with van der Waals surface area (Å²) in [5.41, 5.74) is 0.609. The lowest BCUT2D eigenvalue weighted by atomic mass is 10.2. The zero-order chi connectivity index (χ0) is 18.2. The number of benzene rings is 2. The minimum atomic E-state index is -0.739. The third-order valence-corrected chi connectivity index (χ3v) is 3.76. The van der Waals surface area contributed by atoms with Gasteiger partial charge in [-0.2, -0.15) is 0 Å². The maximum atomic E-state index is 12.3. The van der Waals surface area contributed by atoms with Crippen molar-refractivity contribution in [2.45, 2.75) is 13.0 Å². The number of rotatable bonds is 8. The molecule has 0 aliphatic heterocycles. The van der Waals surface area contributed by atoms with E-state index in [-0.39, 0.29) is 5.91 Å². The van der Waals surface area contributed by atoms with Crippen LogP contribution in [0, 0.1) is 0 Å². The second kappa shape index (κ2) is 9.51. The lowest BCUT2D eigenvalue weighted by molar-refractivity contribution is -0.122. The van der Waals surface area contributed by atoms with Crippen LogP contribution in [-0.2, 0) is 9.53 Å². The van der Waals surface area contributed by atoms with Crippen LogP contribution in [-0.4, -0.2) is 32.3 Å². The summed E-state index contributed by atoms with van der Waals surface area (Å²) in [6.07, 6.45) is -0.739. The van der Waals surface area contributed by atoms with Crippen LogP contribution in [0.2, 0.25) is 10.0 Å². The molecule has 0 fully saturated rings. The molecule has 0 saturated carbocycles. The third-order valence-electron chi connectivity index (χ3n) is 3.22. The Bertz CT molecular complexity index is 724. The van der Waals surface area contributed by atoms with Gasteiger partial charge in [0.2, 0.25) is 0 Å². The molecule has 25 heavy (non-hydrogen) atoms. The van der Waals surface area contributed by atoms with Gasteiger partial charge in [0.25, 0.3) is 5.91 Å². The first kappa shape index (κ1) is 19.4. The number of amides is 1. The van der Waals surface area contributed by atoms with Crippen LogP contribution < -0.4 is 14.8 Å². The molecular formula is C18H19Cl2NO4. The van der Waals surface area contributed by atoms with Gasteiger partial charge >= 0.3 is 0 Å². The minimum Gasteiger partial charge on any atom is -0.491 e. The summed E-state index contributed by atoms with van der Waals surface area (Å²) in [6.45, 7) is 2.56. The summed E-state index contributed by atoms with van der Waals surface area (Å²) >= 11 is 11.9. The van der Waals surface area contributed by atoms with E-state index in [0.717, 1.165) is 0 Å². The molecule has 134 valence electrons. The van der Waals surface area contributed by atoms with E-state index in [4.69, 9.17) is 37.4 Å². The van der Waals surface area contributed by atoms with Gasteiger partial charge in [-0.05, 0) is 37.3 Å². The predicted molar refractivity (Wildman–Crippen MR) is 99.0 cm³/mol. The highest BCUT2D eigenvalue weighted by atomic mass is 35.5. The predicted octanol–water partition coefficient (Wildman–Crippen LogP) is 4.42. The van der Waals surface area contributed by atoms with Crippen molar-refractivity contribution in [3.8, 4) is 11.5 Å². The van der Waals surface area contributed by atoms with Gasteiger partial charge in [-0.3, -0.25) is 4.79 Å². The maximum absolute atomic E-state index is 12.3. The second-order valence-corrected chi connectivity index (χ2v) is 6.04. The second-order valence-electron chi connectivity index (χ2n) is 5.19. The summed E-state index contributed by atoms with van der Waals surface area (Å²) in [5, 5.41) is 3.63. The number of methoxy groups -OCH3 is 1. The largest absolute Gasteiger partial charge is 0.491 e. The van der Waals surface area contributed by atoms with Crippen molar-refractivity contribution in [2.24, 2.45) is 0 Å². The molecule has 1 unspecified atom stereocenters. The molecule has 0 aliphatic carbocycles. The molecule has 0 heterocycles. The highest BCUT2D eigenvalue weighted by molar-refractivity contribution is 6.35. The van der Waals surface area contributed by atoms with Gasteiger partial charge in [-0.15, -0.1) is 0 Å². The molecule has 2 rings (SSSR count). The fourth-order valence-corrected chi connectivity index (χ4v) is 2.42. The van der Waals surface area contributed by atoms with Crippen molar-refractivity contribution >= 4 is 34.8 Å². The maximum Gasteiger partial charge on any atom is 0.265 e. The highest BCUT2D eigenvalue weighted by Gasteiger charge is 2.16. The first-order chi connectivity index (χ1) is 12.0. The summed E-state index contributed by atoms with van der Waals surface area (Å²) in [4.78, 5) is 12.3. The molecule has 0 aliphatic rings.